The zero-order chi connectivity index (χ0) is 13.7. The number of hydrogen-bond acceptors (Lipinski definition) is 2. The average Bonchev–Trinajstić information content (AvgIpc) is 2.47. The molecule has 2 nitrogen and oxygen atoms in total. The lowest BCUT2D eigenvalue weighted by Crippen LogP contribution is -2.53. The molecule has 2 aliphatic rings. The van der Waals surface area contributed by atoms with Crippen LogP contribution in [0, 0.1) is 11.8 Å². The molecule has 112 valence electrons. The first kappa shape index (κ1) is 15.3. The Labute approximate surface area is 120 Å². The topological polar surface area (TPSA) is 15.3 Å². The van der Waals surface area contributed by atoms with Gasteiger partial charge in [-0.25, -0.2) is 0 Å². The molecule has 0 radical (unpaired) electrons. The first-order valence-corrected chi connectivity index (χ1v) is 8.71. The van der Waals surface area contributed by atoms with Crippen LogP contribution in [0.1, 0.15) is 65.2 Å². The fourth-order valence-corrected chi connectivity index (χ4v) is 4.57. The van der Waals surface area contributed by atoms with Crippen LogP contribution in [0.5, 0.6) is 0 Å². The van der Waals surface area contributed by atoms with Gasteiger partial charge in [0, 0.05) is 18.6 Å². The number of piperidine rings is 1. The van der Waals surface area contributed by atoms with Gasteiger partial charge in [0.2, 0.25) is 0 Å². The van der Waals surface area contributed by atoms with Crippen molar-refractivity contribution in [1.82, 2.24) is 10.2 Å². The third-order valence-electron chi connectivity index (χ3n) is 5.64. The quantitative estimate of drug-likeness (QED) is 0.789. The van der Waals surface area contributed by atoms with Crippen molar-refractivity contribution in [3.63, 3.8) is 0 Å². The largest absolute Gasteiger partial charge is 0.315 e. The van der Waals surface area contributed by atoms with Gasteiger partial charge in [0.05, 0.1) is 0 Å². The highest BCUT2D eigenvalue weighted by Gasteiger charge is 2.35. The second-order valence-electron chi connectivity index (χ2n) is 6.75. The molecule has 19 heavy (non-hydrogen) atoms. The second kappa shape index (κ2) is 7.64. The fraction of sp³-hybridized carbons (Fsp3) is 1.00. The van der Waals surface area contributed by atoms with E-state index >= 15 is 0 Å². The zero-order valence-electron chi connectivity index (χ0n) is 13.3. The summed E-state index contributed by atoms with van der Waals surface area (Å²) < 4.78 is 0. The highest BCUT2D eigenvalue weighted by molar-refractivity contribution is 4.90. The fourth-order valence-electron chi connectivity index (χ4n) is 4.57. The van der Waals surface area contributed by atoms with Crippen molar-refractivity contribution in [3.05, 3.63) is 0 Å². The van der Waals surface area contributed by atoms with E-state index in [0.29, 0.717) is 6.04 Å². The van der Waals surface area contributed by atoms with Crippen molar-refractivity contribution in [2.45, 2.75) is 77.3 Å². The molecular weight excluding hydrogens is 232 g/mol. The molecule has 1 saturated carbocycles. The Kier molecular flexibility index (Phi) is 6.15. The van der Waals surface area contributed by atoms with Crippen molar-refractivity contribution < 1.29 is 0 Å². The van der Waals surface area contributed by atoms with Gasteiger partial charge >= 0.3 is 0 Å². The summed E-state index contributed by atoms with van der Waals surface area (Å²) in [6.45, 7) is 7.41. The van der Waals surface area contributed by atoms with E-state index in [4.69, 9.17) is 0 Å². The molecule has 1 aliphatic heterocycles. The smallest absolute Gasteiger partial charge is 0.0246 e. The number of hydrogen-bond donors (Lipinski definition) is 1. The average molecular weight is 266 g/mol. The third-order valence-corrected chi connectivity index (χ3v) is 5.64. The van der Waals surface area contributed by atoms with Crippen LogP contribution in [0.3, 0.4) is 0 Å². The Morgan fingerprint density at radius 1 is 1.11 bits per heavy atom. The third kappa shape index (κ3) is 3.72. The SMILES string of the molecule is CCCC(NC)C(CC)N1CCC2CCCCC2C1. The molecule has 0 amide bonds. The van der Waals surface area contributed by atoms with Crippen LogP contribution in [-0.4, -0.2) is 37.1 Å². The molecule has 0 spiro atoms. The van der Waals surface area contributed by atoms with Gasteiger partial charge in [-0.2, -0.15) is 0 Å². The van der Waals surface area contributed by atoms with Gasteiger partial charge in [-0.3, -0.25) is 4.90 Å². The van der Waals surface area contributed by atoms with E-state index < -0.39 is 0 Å². The lowest BCUT2D eigenvalue weighted by atomic mass is 9.74. The second-order valence-corrected chi connectivity index (χ2v) is 6.75. The van der Waals surface area contributed by atoms with E-state index in [2.05, 4.69) is 31.1 Å². The molecule has 2 fully saturated rings. The normalized spacial score (nSPS) is 31.7. The molecular formula is C17H34N2. The minimum Gasteiger partial charge on any atom is -0.315 e. The molecule has 0 bridgehead atoms. The van der Waals surface area contributed by atoms with Crippen LogP contribution >= 0.6 is 0 Å². The number of likely N-dealkylation sites (N-methyl/N-ethyl adjacent to an activating group) is 1. The molecule has 0 aromatic rings. The van der Waals surface area contributed by atoms with Gasteiger partial charge in [-0.05, 0) is 51.1 Å². The lowest BCUT2D eigenvalue weighted by molar-refractivity contribution is 0.0415. The number of nitrogens with one attached hydrogen (secondary N) is 1. The minimum absolute atomic E-state index is 0.690. The predicted octanol–water partition coefficient (Wildman–Crippen LogP) is 3.67. The van der Waals surface area contributed by atoms with E-state index in [0.717, 1.165) is 17.9 Å². The Morgan fingerprint density at radius 2 is 1.84 bits per heavy atom. The van der Waals surface area contributed by atoms with Crippen molar-refractivity contribution in [2.24, 2.45) is 11.8 Å². The summed E-state index contributed by atoms with van der Waals surface area (Å²) in [6.07, 6.45) is 11.4. The highest BCUT2D eigenvalue weighted by Crippen LogP contribution is 2.37. The van der Waals surface area contributed by atoms with Crippen LogP contribution in [0.2, 0.25) is 0 Å². The highest BCUT2D eigenvalue weighted by atomic mass is 15.2. The maximum atomic E-state index is 3.58. The first-order chi connectivity index (χ1) is 9.30. The summed E-state index contributed by atoms with van der Waals surface area (Å²) in [7, 11) is 2.15. The standard InChI is InChI=1S/C17H34N2/c1-4-8-16(18-3)17(5-2)19-12-11-14-9-6-7-10-15(14)13-19/h14-18H,4-13H2,1-3H3. The predicted molar refractivity (Wildman–Crippen MR) is 83.5 cm³/mol. The van der Waals surface area contributed by atoms with E-state index in [-0.39, 0.29) is 0 Å². The zero-order valence-corrected chi connectivity index (χ0v) is 13.3. The van der Waals surface area contributed by atoms with Crippen LogP contribution in [0.25, 0.3) is 0 Å². The van der Waals surface area contributed by atoms with Crippen LogP contribution in [-0.2, 0) is 0 Å². The molecule has 0 aromatic heterocycles. The molecule has 2 rings (SSSR count). The van der Waals surface area contributed by atoms with E-state index in [1.165, 1.54) is 64.5 Å². The Balaban J connectivity index is 1.94. The Bertz CT molecular complexity index is 254. The van der Waals surface area contributed by atoms with Gasteiger partial charge in [0.25, 0.3) is 0 Å². The number of fused-ring (bicyclic) bond motifs is 1. The summed E-state index contributed by atoms with van der Waals surface area (Å²) in [4.78, 5) is 2.82. The van der Waals surface area contributed by atoms with Gasteiger partial charge in [0.1, 0.15) is 0 Å². The van der Waals surface area contributed by atoms with Gasteiger partial charge in [0.15, 0.2) is 0 Å². The van der Waals surface area contributed by atoms with E-state index in [1.54, 1.807) is 0 Å². The van der Waals surface area contributed by atoms with Crippen molar-refractivity contribution in [3.8, 4) is 0 Å². The molecule has 1 aliphatic carbocycles. The van der Waals surface area contributed by atoms with Crippen molar-refractivity contribution in [1.29, 1.82) is 0 Å². The summed E-state index contributed by atoms with van der Waals surface area (Å²) in [5, 5.41) is 3.58. The summed E-state index contributed by atoms with van der Waals surface area (Å²) in [6, 6.07) is 1.45. The Morgan fingerprint density at radius 3 is 2.47 bits per heavy atom. The molecule has 0 aromatic carbocycles. The van der Waals surface area contributed by atoms with Crippen LogP contribution in [0.15, 0.2) is 0 Å². The number of rotatable bonds is 6. The first-order valence-electron chi connectivity index (χ1n) is 8.71. The maximum absolute atomic E-state index is 3.58. The summed E-state index contributed by atoms with van der Waals surface area (Å²) >= 11 is 0. The summed E-state index contributed by atoms with van der Waals surface area (Å²) in [5.41, 5.74) is 0. The molecule has 2 heteroatoms. The number of likely N-dealkylation sites (tertiary alicyclic amines) is 1. The van der Waals surface area contributed by atoms with Crippen molar-refractivity contribution in [2.75, 3.05) is 20.1 Å². The maximum Gasteiger partial charge on any atom is 0.0246 e. The summed E-state index contributed by atoms with van der Waals surface area (Å²) in [5.74, 6) is 2.07. The van der Waals surface area contributed by atoms with Gasteiger partial charge in [-0.1, -0.05) is 39.5 Å². The molecule has 4 atom stereocenters. The van der Waals surface area contributed by atoms with Gasteiger partial charge in [-0.15, -0.1) is 0 Å². The molecule has 1 saturated heterocycles. The van der Waals surface area contributed by atoms with Crippen LogP contribution < -0.4 is 5.32 Å². The van der Waals surface area contributed by atoms with E-state index in [1.807, 2.05) is 0 Å². The minimum atomic E-state index is 0.690. The Hall–Kier alpha value is -0.0800. The lowest BCUT2D eigenvalue weighted by Gasteiger charge is -2.46. The van der Waals surface area contributed by atoms with Crippen LogP contribution in [0.4, 0.5) is 0 Å². The monoisotopic (exact) mass is 266 g/mol. The van der Waals surface area contributed by atoms with Gasteiger partial charge < -0.3 is 5.32 Å². The molecule has 1 heterocycles. The van der Waals surface area contributed by atoms with E-state index in [9.17, 15) is 0 Å². The molecule has 4 unspecified atom stereocenters. The number of nitrogens with zero attached hydrogens (tertiary/aromatic N) is 1. The van der Waals surface area contributed by atoms with Crippen molar-refractivity contribution >= 4 is 0 Å². The molecule has 1 N–H and O–H groups in total.